The number of carbonyl (C=O) groups is 1. The number of aliphatic hydroxyl groups is 1. The molecule has 1 heterocycles. The van der Waals surface area contributed by atoms with E-state index >= 15 is 0 Å². The van der Waals surface area contributed by atoms with Crippen LogP contribution in [0.25, 0.3) is 0 Å². The second-order valence-electron chi connectivity index (χ2n) is 2.94. The highest BCUT2D eigenvalue weighted by Crippen LogP contribution is 2.16. The maximum Gasteiger partial charge on any atom is 0.356 e. The molecule has 0 radical (unpaired) electrons. The normalized spacial score (nSPS) is 27.5. The highest BCUT2D eigenvalue weighted by atomic mass is 16.7. The van der Waals surface area contributed by atoms with E-state index in [4.69, 9.17) is 9.84 Å². The molecule has 0 aromatic heterocycles. The number of nitrogens with zero attached hydrogens (tertiary/aromatic N) is 1. The summed E-state index contributed by atoms with van der Waals surface area (Å²) in [6.45, 7) is 3.81. The van der Waals surface area contributed by atoms with Gasteiger partial charge in [0.05, 0.1) is 6.61 Å². The molecule has 1 rings (SSSR count). The van der Waals surface area contributed by atoms with Crippen LogP contribution in [0.1, 0.15) is 20.3 Å². The Balaban J connectivity index is 2.57. The summed E-state index contributed by atoms with van der Waals surface area (Å²) in [6.07, 6.45) is -0.529. The molecule has 0 spiro atoms. The SMILES string of the molecule is CCOC(=O)C1=NO[C@@H](O)[C@@H](C)C1. The van der Waals surface area contributed by atoms with Crippen LogP contribution in [0.4, 0.5) is 0 Å². The second kappa shape index (κ2) is 4.23. The van der Waals surface area contributed by atoms with Gasteiger partial charge in [-0.2, -0.15) is 0 Å². The van der Waals surface area contributed by atoms with Crippen LogP contribution in [0.15, 0.2) is 5.16 Å². The minimum atomic E-state index is -0.918. The zero-order chi connectivity index (χ0) is 9.84. The summed E-state index contributed by atoms with van der Waals surface area (Å²) in [5.74, 6) is -0.599. The lowest BCUT2D eigenvalue weighted by molar-refractivity contribution is -0.145. The van der Waals surface area contributed by atoms with E-state index in [0.29, 0.717) is 13.0 Å². The fraction of sp³-hybridized carbons (Fsp3) is 0.750. The first-order valence-corrected chi connectivity index (χ1v) is 4.23. The monoisotopic (exact) mass is 187 g/mol. The van der Waals surface area contributed by atoms with Crippen LogP contribution in [0, 0.1) is 5.92 Å². The molecule has 5 heteroatoms. The van der Waals surface area contributed by atoms with Crippen LogP contribution >= 0.6 is 0 Å². The lowest BCUT2D eigenvalue weighted by atomic mass is 10.0. The van der Waals surface area contributed by atoms with Crippen molar-refractivity contribution in [3.63, 3.8) is 0 Å². The maximum absolute atomic E-state index is 11.1. The predicted molar refractivity (Wildman–Crippen MR) is 44.9 cm³/mol. The fourth-order valence-corrected chi connectivity index (χ4v) is 1.000. The molecule has 0 saturated carbocycles. The van der Waals surface area contributed by atoms with Crippen molar-refractivity contribution in [2.75, 3.05) is 6.61 Å². The summed E-state index contributed by atoms with van der Waals surface area (Å²) in [5, 5.41) is 12.6. The fourth-order valence-electron chi connectivity index (χ4n) is 1.000. The van der Waals surface area contributed by atoms with Crippen molar-refractivity contribution in [3.8, 4) is 0 Å². The molecule has 0 aromatic rings. The minimum absolute atomic E-state index is 0.128. The van der Waals surface area contributed by atoms with Gasteiger partial charge in [-0.3, -0.25) is 0 Å². The van der Waals surface area contributed by atoms with E-state index < -0.39 is 12.3 Å². The van der Waals surface area contributed by atoms with Crippen molar-refractivity contribution in [2.45, 2.75) is 26.6 Å². The highest BCUT2D eigenvalue weighted by molar-refractivity contribution is 6.36. The van der Waals surface area contributed by atoms with Crippen LogP contribution in [0.3, 0.4) is 0 Å². The molecule has 0 unspecified atom stereocenters. The van der Waals surface area contributed by atoms with E-state index in [-0.39, 0.29) is 11.6 Å². The maximum atomic E-state index is 11.1. The molecule has 2 atom stereocenters. The quantitative estimate of drug-likeness (QED) is 0.630. The molecule has 0 aliphatic carbocycles. The van der Waals surface area contributed by atoms with E-state index in [1.54, 1.807) is 13.8 Å². The Morgan fingerprint density at radius 3 is 3.08 bits per heavy atom. The number of ether oxygens (including phenoxy) is 1. The van der Waals surface area contributed by atoms with Gasteiger partial charge < -0.3 is 14.7 Å². The van der Waals surface area contributed by atoms with Crippen molar-refractivity contribution in [1.29, 1.82) is 0 Å². The first kappa shape index (κ1) is 9.98. The van der Waals surface area contributed by atoms with Crippen LogP contribution < -0.4 is 0 Å². The van der Waals surface area contributed by atoms with Crippen molar-refractivity contribution in [1.82, 2.24) is 0 Å². The Morgan fingerprint density at radius 1 is 1.85 bits per heavy atom. The van der Waals surface area contributed by atoms with Gasteiger partial charge in [-0.05, 0) is 6.92 Å². The molecule has 0 bridgehead atoms. The molecule has 0 fully saturated rings. The average molecular weight is 187 g/mol. The van der Waals surface area contributed by atoms with E-state index in [1.165, 1.54) is 0 Å². The molecule has 1 N–H and O–H groups in total. The van der Waals surface area contributed by atoms with E-state index in [1.807, 2.05) is 0 Å². The number of oxime groups is 1. The van der Waals surface area contributed by atoms with Crippen molar-refractivity contribution in [2.24, 2.45) is 11.1 Å². The van der Waals surface area contributed by atoms with Crippen LogP contribution in [-0.4, -0.2) is 29.7 Å². The van der Waals surface area contributed by atoms with Gasteiger partial charge in [0, 0.05) is 12.3 Å². The zero-order valence-corrected chi connectivity index (χ0v) is 7.69. The number of carbonyl (C=O) groups excluding carboxylic acids is 1. The van der Waals surface area contributed by atoms with Gasteiger partial charge >= 0.3 is 5.97 Å². The molecular weight excluding hydrogens is 174 g/mol. The first-order valence-electron chi connectivity index (χ1n) is 4.23. The highest BCUT2D eigenvalue weighted by Gasteiger charge is 2.27. The number of rotatable bonds is 2. The third-order valence-corrected chi connectivity index (χ3v) is 1.78. The Morgan fingerprint density at radius 2 is 2.54 bits per heavy atom. The largest absolute Gasteiger partial charge is 0.461 e. The summed E-state index contributed by atoms with van der Waals surface area (Å²) in [4.78, 5) is 15.7. The lowest BCUT2D eigenvalue weighted by Gasteiger charge is -2.21. The second-order valence-corrected chi connectivity index (χ2v) is 2.94. The summed E-state index contributed by atoms with van der Waals surface area (Å²) < 4.78 is 4.73. The van der Waals surface area contributed by atoms with Crippen LogP contribution in [-0.2, 0) is 14.4 Å². The molecule has 0 amide bonds. The van der Waals surface area contributed by atoms with Gasteiger partial charge in [0.15, 0.2) is 5.71 Å². The molecule has 0 aromatic carbocycles. The predicted octanol–water partition coefficient (Wildman–Crippen LogP) is 0.280. The molecule has 5 nitrogen and oxygen atoms in total. The minimum Gasteiger partial charge on any atom is -0.461 e. The van der Waals surface area contributed by atoms with Gasteiger partial charge in [-0.1, -0.05) is 12.1 Å². The summed E-state index contributed by atoms with van der Waals surface area (Å²) >= 11 is 0. The van der Waals surface area contributed by atoms with E-state index in [9.17, 15) is 4.79 Å². The Bertz CT molecular complexity index is 226. The van der Waals surface area contributed by atoms with Crippen LogP contribution in [0.5, 0.6) is 0 Å². The van der Waals surface area contributed by atoms with Crippen molar-refractivity contribution >= 4 is 11.7 Å². The summed E-state index contributed by atoms with van der Waals surface area (Å²) in [5.41, 5.74) is 0.236. The molecule has 1 aliphatic rings. The van der Waals surface area contributed by atoms with Crippen molar-refractivity contribution < 1.29 is 19.5 Å². The number of hydrogen-bond acceptors (Lipinski definition) is 5. The topological polar surface area (TPSA) is 68.1 Å². The van der Waals surface area contributed by atoms with Gasteiger partial charge in [0.25, 0.3) is 0 Å². The smallest absolute Gasteiger partial charge is 0.356 e. The molecule has 13 heavy (non-hydrogen) atoms. The average Bonchev–Trinajstić information content (AvgIpc) is 2.10. The molecule has 1 aliphatic heterocycles. The van der Waals surface area contributed by atoms with E-state index in [0.717, 1.165) is 0 Å². The Hall–Kier alpha value is -1.10. The third kappa shape index (κ3) is 2.42. The first-order chi connectivity index (χ1) is 6.15. The van der Waals surface area contributed by atoms with Gasteiger partial charge in [-0.15, -0.1) is 0 Å². The summed E-state index contributed by atoms with van der Waals surface area (Å²) in [7, 11) is 0. The van der Waals surface area contributed by atoms with Crippen LogP contribution in [0.2, 0.25) is 0 Å². The number of esters is 1. The van der Waals surface area contributed by atoms with Gasteiger partial charge in [0.1, 0.15) is 0 Å². The Kier molecular flexibility index (Phi) is 3.25. The zero-order valence-electron chi connectivity index (χ0n) is 7.69. The molecule has 0 saturated heterocycles. The van der Waals surface area contributed by atoms with Crippen molar-refractivity contribution in [3.05, 3.63) is 0 Å². The number of aliphatic hydroxyl groups excluding tert-OH is 1. The lowest BCUT2D eigenvalue weighted by Crippen LogP contribution is -2.31. The standard InChI is InChI=1S/C8H13NO4/c1-3-12-8(11)6-4-5(2)7(10)13-9-6/h5,7,10H,3-4H2,1-2H3/t5-,7+/m0/s1. The molecular formula is C8H13NO4. The Labute approximate surface area is 76.3 Å². The van der Waals surface area contributed by atoms with Gasteiger partial charge in [0.2, 0.25) is 6.29 Å². The third-order valence-electron chi connectivity index (χ3n) is 1.78. The number of hydrogen-bond donors (Lipinski definition) is 1. The summed E-state index contributed by atoms with van der Waals surface area (Å²) in [6, 6.07) is 0. The van der Waals surface area contributed by atoms with Gasteiger partial charge in [-0.25, -0.2) is 4.79 Å². The molecule has 74 valence electrons. The van der Waals surface area contributed by atoms with E-state index in [2.05, 4.69) is 9.99 Å².